The first-order valence-corrected chi connectivity index (χ1v) is 8.47. The van der Waals surface area contributed by atoms with Gasteiger partial charge in [0.15, 0.2) is 0 Å². The van der Waals surface area contributed by atoms with Crippen LogP contribution in [-0.2, 0) is 9.59 Å². The molecule has 0 unspecified atom stereocenters. The standard InChI is InChI=1S/C19H19ClN2O4/c1-25-14-5-3-4-12(10-14)21-17(23)19(8-9-19)18(24)22-13-6-7-16(26-2)15(20)11-13/h3-7,10-11H,8-9H2,1-2H3,(H,21,23)(H,22,24). The first-order valence-electron chi connectivity index (χ1n) is 8.09. The van der Waals surface area contributed by atoms with E-state index in [2.05, 4.69) is 10.6 Å². The van der Waals surface area contributed by atoms with Gasteiger partial charge in [0, 0.05) is 17.4 Å². The molecule has 136 valence electrons. The largest absolute Gasteiger partial charge is 0.497 e. The second kappa shape index (κ2) is 7.25. The van der Waals surface area contributed by atoms with E-state index in [9.17, 15) is 9.59 Å². The molecule has 0 bridgehead atoms. The van der Waals surface area contributed by atoms with Crippen LogP contribution in [0.5, 0.6) is 11.5 Å². The number of hydrogen-bond acceptors (Lipinski definition) is 4. The molecular weight excluding hydrogens is 356 g/mol. The molecule has 6 nitrogen and oxygen atoms in total. The van der Waals surface area contributed by atoms with Crippen molar-refractivity contribution in [3.8, 4) is 11.5 Å². The van der Waals surface area contributed by atoms with Gasteiger partial charge in [0.2, 0.25) is 11.8 Å². The fourth-order valence-corrected chi connectivity index (χ4v) is 2.89. The molecule has 0 heterocycles. The highest BCUT2D eigenvalue weighted by Crippen LogP contribution is 2.47. The molecule has 3 rings (SSSR count). The molecule has 1 fully saturated rings. The van der Waals surface area contributed by atoms with Crippen LogP contribution in [0.4, 0.5) is 11.4 Å². The minimum Gasteiger partial charge on any atom is -0.497 e. The lowest BCUT2D eigenvalue weighted by Gasteiger charge is -2.16. The van der Waals surface area contributed by atoms with Gasteiger partial charge >= 0.3 is 0 Å². The van der Waals surface area contributed by atoms with Crippen LogP contribution in [0.25, 0.3) is 0 Å². The summed E-state index contributed by atoms with van der Waals surface area (Å²) in [5, 5.41) is 5.94. The van der Waals surface area contributed by atoms with Gasteiger partial charge in [0.05, 0.1) is 19.2 Å². The van der Waals surface area contributed by atoms with Gasteiger partial charge in [-0.1, -0.05) is 17.7 Å². The zero-order chi connectivity index (χ0) is 18.7. The summed E-state index contributed by atoms with van der Waals surface area (Å²) in [6, 6.07) is 11.9. The van der Waals surface area contributed by atoms with E-state index < -0.39 is 5.41 Å². The van der Waals surface area contributed by atoms with Crippen molar-refractivity contribution >= 4 is 34.8 Å². The van der Waals surface area contributed by atoms with Crippen molar-refractivity contribution in [2.75, 3.05) is 24.9 Å². The van der Waals surface area contributed by atoms with Crippen molar-refractivity contribution in [2.45, 2.75) is 12.8 Å². The number of hydrogen-bond donors (Lipinski definition) is 2. The average molecular weight is 375 g/mol. The number of carbonyl (C=O) groups excluding carboxylic acids is 2. The van der Waals surface area contributed by atoms with Gasteiger partial charge in [-0.2, -0.15) is 0 Å². The number of nitrogens with one attached hydrogen (secondary N) is 2. The second-order valence-electron chi connectivity index (χ2n) is 6.07. The van der Waals surface area contributed by atoms with Crippen molar-refractivity contribution in [1.82, 2.24) is 0 Å². The molecule has 7 heteroatoms. The number of anilines is 2. The predicted molar refractivity (Wildman–Crippen MR) is 99.9 cm³/mol. The Balaban J connectivity index is 1.70. The highest BCUT2D eigenvalue weighted by molar-refractivity contribution is 6.32. The van der Waals surface area contributed by atoms with E-state index >= 15 is 0 Å². The van der Waals surface area contributed by atoms with Crippen LogP contribution in [0.2, 0.25) is 5.02 Å². The van der Waals surface area contributed by atoms with Crippen molar-refractivity contribution in [1.29, 1.82) is 0 Å². The summed E-state index contributed by atoms with van der Waals surface area (Å²) in [6.45, 7) is 0. The quantitative estimate of drug-likeness (QED) is 0.755. The molecule has 2 aromatic carbocycles. The monoisotopic (exact) mass is 374 g/mol. The van der Waals surface area contributed by atoms with Gasteiger partial charge in [-0.3, -0.25) is 9.59 Å². The van der Waals surface area contributed by atoms with E-state index in [4.69, 9.17) is 21.1 Å². The van der Waals surface area contributed by atoms with Gasteiger partial charge < -0.3 is 20.1 Å². The van der Waals surface area contributed by atoms with E-state index in [1.165, 1.54) is 7.11 Å². The molecule has 0 atom stereocenters. The van der Waals surface area contributed by atoms with E-state index in [1.54, 1.807) is 49.6 Å². The number of rotatable bonds is 6. The number of halogens is 1. The van der Waals surface area contributed by atoms with Gasteiger partial charge in [-0.15, -0.1) is 0 Å². The van der Waals surface area contributed by atoms with Crippen LogP contribution >= 0.6 is 11.6 Å². The Morgan fingerprint density at radius 2 is 1.62 bits per heavy atom. The Kier molecular flexibility index (Phi) is 5.04. The molecule has 2 aromatic rings. The van der Waals surface area contributed by atoms with E-state index in [1.807, 2.05) is 0 Å². The summed E-state index contributed by atoms with van der Waals surface area (Å²) in [7, 11) is 3.07. The summed E-state index contributed by atoms with van der Waals surface area (Å²) in [4.78, 5) is 25.3. The maximum atomic E-state index is 12.6. The zero-order valence-corrected chi connectivity index (χ0v) is 15.2. The summed E-state index contributed by atoms with van der Waals surface area (Å²) >= 11 is 6.07. The maximum absolute atomic E-state index is 12.6. The summed E-state index contributed by atoms with van der Waals surface area (Å²) in [5.74, 6) is 0.466. The number of benzene rings is 2. The number of amides is 2. The van der Waals surface area contributed by atoms with Crippen LogP contribution in [0, 0.1) is 5.41 Å². The fraction of sp³-hybridized carbons (Fsp3) is 0.263. The lowest BCUT2D eigenvalue weighted by Crippen LogP contribution is -2.35. The lowest BCUT2D eigenvalue weighted by atomic mass is 10.0. The van der Waals surface area contributed by atoms with E-state index in [0.29, 0.717) is 40.7 Å². The summed E-state index contributed by atoms with van der Waals surface area (Å²) in [6.07, 6.45) is 0.997. The SMILES string of the molecule is COc1cccc(NC(=O)C2(C(=O)Nc3ccc(OC)c(Cl)c3)CC2)c1. The second-order valence-corrected chi connectivity index (χ2v) is 6.48. The Morgan fingerprint density at radius 1 is 0.962 bits per heavy atom. The lowest BCUT2D eigenvalue weighted by molar-refractivity contribution is -0.131. The van der Waals surface area contributed by atoms with Crippen molar-refractivity contribution in [2.24, 2.45) is 5.41 Å². The summed E-state index contributed by atoms with van der Waals surface area (Å²) in [5.41, 5.74) is 0.0392. The van der Waals surface area contributed by atoms with Crippen molar-refractivity contribution in [3.63, 3.8) is 0 Å². The minimum atomic E-state index is -1.06. The highest BCUT2D eigenvalue weighted by atomic mass is 35.5. The molecule has 1 aliphatic carbocycles. The Hall–Kier alpha value is -2.73. The topological polar surface area (TPSA) is 76.7 Å². The molecule has 0 aliphatic heterocycles. The van der Waals surface area contributed by atoms with Crippen LogP contribution in [0.3, 0.4) is 0 Å². The highest BCUT2D eigenvalue weighted by Gasteiger charge is 2.56. The zero-order valence-electron chi connectivity index (χ0n) is 14.5. The predicted octanol–water partition coefficient (Wildman–Crippen LogP) is 3.71. The van der Waals surface area contributed by atoms with Gasteiger partial charge in [-0.25, -0.2) is 0 Å². The van der Waals surface area contributed by atoms with Crippen LogP contribution in [0.1, 0.15) is 12.8 Å². The fourth-order valence-electron chi connectivity index (χ4n) is 2.63. The average Bonchev–Trinajstić information content (AvgIpc) is 3.44. The molecule has 0 aromatic heterocycles. The third-order valence-electron chi connectivity index (χ3n) is 4.36. The molecule has 0 saturated heterocycles. The van der Waals surface area contributed by atoms with Gasteiger partial charge in [0.1, 0.15) is 16.9 Å². The molecular formula is C19H19ClN2O4. The van der Waals surface area contributed by atoms with Crippen LogP contribution in [0.15, 0.2) is 42.5 Å². The third kappa shape index (κ3) is 3.60. The van der Waals surface area contributed by atoms with Crippen LogP contribution in [-0.4, -0.2) is 26.0 Å². The molecule has 1 saturated carbocycles. The van der Waals surface area contributed by atoms with Gasteiger partial charge in [-0.05, 0) is 43.2 Å². The number of carbonyl (C=O) groups is 2. The maximum Gasteiger partial charge on any atom is 0.240 e. The van der Waals surface area contributed by atoms with Crippen molar-refractivity contribution in [3.05, 3.63) is 47.5 Å². The Morgan fingerprint density at radius 3 is 2.15 bits per heavy atom. The normalized spacial score (nSPS) is 14.3. The molecule has 0 spiro atoms. The Labute approximate surface area is 156 Å². The number of ether oxygens (including phenoxy) is 2. The number of methoxy groups -OCH3 is 2. The molecule has 26 heavy (non-hydrogen) atoms. The molecule has 1 aliphatic rings. The third-order valence-corrected chi connectivity index (χ3v) is 4.65. The first-order chi connectivity index (χ1) is 12.5. The Bertz CT molecular complexity index is 849. The van der Waals surface area contributed by atoms with Crippen molar-refractivity contribution < 1.29 is 19.1 Å². The minimum absolute atomic E-state index is 0.331. The molecule has 2 N–H and O–H groups in total. The van der Waals surface area contributed by atoms with Crippen LogP contribution < -0.4 is 20.1 Å². The molecule has 0 radical (unpaired) electrons. The molecule has 2 amide bonds. The smallest absolute Gasteiger partial charge is 0.240 e. The van der Waals surface area contributed by atoms with Gasteiger partial charge in [0.25, 0.3) is 0 Å². The van der Waals surface area contributed by atoms with E-state index in [0.717, 1.165) is 0 Å². The first kappa shape index (κ1) is 18.1. The van der Waals surface area contributed by atoms with E-state index in [-0.39, 0.29) is 11.8 Å². The summed E-state index contributed by atoms with van der Waals surface area (Å²) < 4.78 is 10.2.